The quantitative estimate of drug-likeness (QED) is 0.793. The van der Waals surface area contributed by atoms with Crippen molar-refractivity contribution in [1.82, 2.24) is 4.90 Å². The van der Waals surface area contributed by atoms with Crippen molar-refractivity contribution in [3.05, 3.63) is 28.2 Å². The van der Waals surface area contributed by atoms with Crippen LogP contribution in [0.2, 0.25) is 10.0 Å². The van der Waals surface area contributed by atoms with E-state index in [1.165, 1.54) is 4.90 Å². The van der Waals surface area contributed by atoms with E-state index in [0.717, 1.165) is 18.0 Å². The Morgan fingerprint density at radius 2 is 1.80 bits per heavy atom. The SMILES string of the molecule is C[C@@H]1C[NH+](CC(=O)N(C)CC(=O)Nc2c(Cl)cccc2Cl)C[C@@H](C)O1. The van der Waals surface area contributed by atoms with Gasteiger partial charge in [0.2, 0.25) is 5.91 Å². The molecular formula is C17H24Cl2N3O3+. The van der Waals surface area contributed by atoms with E-state index in [4.69, 9.17) is 27.9 Å². The number of ether oxygens (including phenoxy) is 1. The Morgan fingerprint density at radius 1 is 1.24 bits per heavy atom. The molecule has 0 radical (unpaired) electrons. The highest BCUT2D eigenvalue weighted by Crippen LogP contribution is 2.29. The van der Waals surface area contributed by atoms with E-state index >= 15 is 0 Å². The van der Waals surface area contributed by atoms with Crippen LogP contribution >= 0.6 is 23.2 Å². The number of para-hydroxylation sites is 1. The average molecular weight is 389 g/mol. The number of rotatable bonds is 5. The number of halogens is 2. The molecule has 1 aromatic carbocycles. The first kappa shape index (κ1) is 20.0. The maximum absolute atomic E-state index is 12.4. The normalized spacial score (nSPS) is 23.2. The molecule has 1 fully saturated rings. The summed E-state index contributed by atoms with van der Waals surface area (Å²) in [6.45, 7) is 5.86. The van der Waals surface area contributed by atoms with Crippen molar-refractivity contribution < 1.29 is 19.2 Å². The highest BCUT2D eigenvalue weighted by Gasteiger charge is 2.28. The average Bonchev–Trinajstić information content (AvgIpc) is 2.50. The molecule has 0 unspecified atom stereocenters. The van der Waals surface area contributed by atoms with E-state index in [1.807, 2.05) is 13.8 Å². The van der Waals surface area contributed by atoms with Crippen molar-refractivity contribution in [3.63, 3.8) is 0 Å². The van der Waals surface area contributed by atoms with Crippen LogP contribution in [0.3, 0.4) is 0 Å². The second kappa shape index (κ2) is 8.85. The van der Waals surface area contributed by atoms with Crippen LogP contribution in [0, 0.1) is 0 Å². The van der Waals surface area contributed by atoms with Crippen molar-refractivity contribution in [1.29, 1.82) is 0 Å². The van der Waals surface area contributed by atoms with Gasteiger partial charge in [0, 0.05) is 7.05 Å². The fraction of sp³-hybridized carbons (Fsp3) is 0.529. The first-order valence-corrected chi connectivity index (χ1v) is 8.98. The van der Waals surface area contributed by atoms with Gasteiger partial charge in [0.25, 0.3) is 5.91 Å². The molecule has 138 valence electrons. The number of carbonyl (C=O) groups is 2. The number of hydrogen-bond donors (Lipinski definition) is 2. The Kier molecular flexibility index (Phi) is 7.07. The van der Waals surface area contributed by atoms with Crippen LogP contribution in [0.5, 0.6) is 0 Å². The third-order valence-corrected chi connectivity index (χ3v) is 4.68. The molecule has 6 nitrogen and oxygen atoms in total. The Labute approximate surface area is 158 Å². The van der Waals surface area contributed by atoms with Gasteiger partial charge in [-0.3, -0.25) is 9.59 Å². The highest BCUT2D eigenvalue weighted by atomic mass is 35.5. The fourth-order valence-electron chi connectivity index (χ4n) is 2.98. The zero-order chi connectivity index (χ0) is 18.6. The zero-order valence-electron chi connectivity index (χ0n) is 14.6. The molecule has 0 spiro atoms. The second-order valence-electron chi connectivity index (χ2n) is 6.49. The lowest BCUT2D eigenvalue weighted by Crippen LogP contribution is -3.16. The van der Waals surface area contributed by atoms with E-state index in [-0.39, 0.29) is 30.6 Å². The molecule has 25 heavy (non-hydrogen) atoms. The number of morpholine rings is 1. The van der Waals surface area contributed by atoms with Crippen LogP contribution in [0.1, 0.15) is 13.8 Å². The molecule has 2 rings (SSSR count). The summed E-state index contributed by atoms with van der Waals surface area (Å²) in [7, 11) is 1.61. The van der Waals surface area contributed by atoms with Crippen LogP contribution in [-0.2, 0) is 14.3 Å². The molecule has 0 saturated carbocycles. The molecule has 0 bridgehead atoms. The summed E-state index contributed by atoms with van der Waals surface area (Å²) in [4.78, 5) is 27.1. The highest BCUT2D eigenvalue weighted by molar-refractivity contribution is 6.39. The van der Waals surface area contributed by atoms with Crippen molar-refractivity contribution >= 4 is 40.7 Å². The van der Waals surface area contributed by atoms with Crippen molar-refractivity contribution in [2.24, 2.45) is 0 Å². The number of amides is 2. The second-order valence-corrected chi connectivity index (χ2v) is 7.30. The van der Waals surface area contributed by atoms with Gasteiger partial charge in [0.15, 0.2) is 6.54 Å². The first-order valence-electron chi connectivity index (χ1n) is 8.23. The number of benzene rings is 1. The Morgan fingerprint density at radius 3 is 2.36 bits per heavy atom. The third kappa shape index (κ3) is 5.85. The maximum Gasteiger partial charge on any atom is 0.277 e. The van der Waals surface area contributed by atoms with Crippen LogP contribution in [-0.4, -0.2) is 62.1 Å². The van der Waals surface area contributed by atoms with Gasteiger partial charge in [-0.1, -0.05) is 29.3 Å². The minimum absolute atomic E-state index is 0.0602. The Balaban J connectivity index is 1.87. The summed E-state index contributed by atoms with van der Waals surface area (Å²) in [5, 5.41) is 3.37. The number of nitrogens with zero attached hydrogens (tertiary/aromatic N) is 1. The van der Waals surface area contributed by atoms with Gasteiger partial charge in [-0.2, -0.15) is 0 Å². The lowest BCUT2D eigenvalue weighted by molar-refractivity contribution is -0.907. The number of nitrogens with one attached hydrogen (secondary N) is 2. The van der Waals surface area contributed by atoms with Gasteiger partial charge in [0.05, 0.1) is 22.3 Å². The van der Waals surface area contributed by atoms with Crippen LogP contribution in [0.4, 0.5) is 5.69 Å². The summed E-state index contributed by atoms with van der Waals surface area (Å²) >= 11 is 12.1. The molecule has 1 aromatic rings. The summed E-state index contributed by atoms with van der Waals surface area (Å²) in [5.41, 5.74) is 0.359. The van der Waals surface area contributed by atoms with Gasteiger partial charge in [-0.25, -0.2) is 0 Å². The van der Waals surface area contributed by atoms with Crippen molar-refractivity contribution in [2.75, 3.05) is 38.5 Å². The molecule has 2 amide bonds. The molecule has 2 N–H and O–H groups in total. The topological polar surface area (TPSA) is 63.1 Å². The largest absolute Gasteiger partial charge is 0.364 e. The summed E-state index contributed by atoms with van der Waals surface area (Å²) in [5.74, 6) is -0.429. The van der Waals surface area contributed by atoms with E-state index in [1.54, 1.807) is 25.2 Å². The molecule has 1 aliphatic heterocycles. The predicted octanol–water partition coefficient (Wildman–Crippen LogP) is 1.08. The number of hydrogen-bond acceptors (Lipinski definition) is 3. The molecule has 0 aliphatic carbocycles. The number of carbonyl (C=O) groups excluding carboxylic acids is 2. The van der Waals surface area contributed by atoms with Crippen LogP contribution in [0.15, 0.2) is 18.2 Å². The number of likely N-dealkylation sites (N-methyl/N-ethyl adjacent to an activating group) is 1. The lowest BCUT2D eigenvalue weighted by atomic mass is 10.2. The Hall–Kier alpha value is -1.34. The maximum atomic E-state index is 12.4. The first-order chi connectivity index (χ1) is 11.8. The van der Waals surface area contributed by atoms with Crippen molar-refractivity contribution in [2.45, 2.75) is 26.1 Å². The van der Waals surface area contributed by atoms with Crippen LogP contribution in [0.25, 0.3) is 0 Å². The van der Waals surface area contributed by atoms with Gasteiger partial charge >= 0.3 is 0 Å². The fourth-order valence-corrected chi connectivity index (χ4v) is 3.47. The zero-order valence-corrected chi connectivity index (χ0v) is 16.2. The molecule has 1 aliphatic rings. The third-order valence-electron chi connectivity index (χ3n) is 4.05. The molecular weight excluding hydrogens is 365 g/mol. The van der Waals surface area contributed by atoms with E-state index in [2.05, 4.69) is 5.32 Å². The summed E-state index contributed by atoms with van der Waals surface area (Å²) in [6.07, 6.45) is 0.255. The lowest BCUT2D eigenvalue weighted by Gasteiger charge is -2.32. The molecule has 1 heterocycles. The summed E-state index contributed by atoms with van der Waals surface area (Å²) < 4.78 is 5.68. The minimum Gasteiger partial charge on any atom is -0.364 e. The van der Waals surface area contributed by atoms with E-state index in [0.29, 0.717) is 22.3 Å². The van der Waals surface area contributed by atoms with Gasteiger partial charge < -0.3 is 19.9 Å². The van der Waals surface area contributed by atoms with E-state index < -0.39 is 0 Å². The number of anilines is 1. The molecule has 0 aromatic heterocycles. The number of quaternary nitrogens is 1. The summed E-state index contributed by atoms with van der Waals surface area (Å²) in [6, 6.07) is 4.98. The van der Waals surface area contributed by atoms with E-state index in [9.17, 15) is 9.59 Å². The minimum atomic E-state index is -0.343. The monoisotopic (exact) mass is 388 g/mol. The standard InChI is InChI=1S/C17H23Cl2N3O3/c1-11-7-22(8-12(2)25-11)10-16(24)21(3)9-15(23)20-17-13(18)5-4-6-14(17)19/h4-6,11-12H,7-10H2,1-3H3,(H,20,23)/p+1/t11-,12-/m1/s1. The molecule has 8 heteroatoms. The van der Waals surface area contributed by atoms with Crippen LogP contribution < -0.4 is 10.2 Å². The Bertz CT molecular complexity index is 611. The van der Waals surface area contributed by atoms with Crippen molar-refractivity contribution in [3.8, 4) is 0 Å². The molecule has 1 saturated heterocycles. The predicted molar refractivity (Wildman–Crippen MR) is 98.3 cm³/mol. The van der Waals surface area contributed by atoms with Gasteiger partial charge in [0.1, 0.15) is 25.3 Å². The molecule has 2 atom stereocenters. The smallest absolute Gasteiger partial charge is 0.277 e. The van der Waals surface area contributed by atoms with Gasteiger partial charge in [-0.15, -0.1) is 0 Å². The van der Waals surface area contributed by atoms with Gasteiger partial charge in [-0.05, 0) is 26.0 Å².